The van der Waals surface area contributed by atoms with Gasteiger partial charge in [-0.15, -0.1) is 0 Å². The molecule has 4 rings (SSSR count). The average molecular weight is 404 g/mol. The Morgan fingerprint density at radius 2 is 1.90 bits per heavy atom. The first-order valence-electron chi connectivity index (χ1n) is 9.32. The first kappa shape index (κ1) is 19.1. The summed E-state index contributed by atoms with van der Waals surface area (Å²) >= 11 is 1.40. The van der Waals surface area contributed by atoms with Crippen molar-refractivity contribution in [2.75, 3.05) is 5.32 Å². The van der Waals surface area contributed by atoms with Gasteiger partial charge in [0.25, 0.3) is 0 Å². The third kappa shape index (κ3) is 4.00. The summed E-state index contributed by atoms with van der Waals surface area (Å²) in [5, 5.41) is 8.73. The third-order valence-corrected chi connectivity index (χ3v) is 5.75. The Morgan fingerprint density at radius 1 is 1.10 bits per heavy atom. The van der Waals surface area contributed by atoms with Crippen molar-refractivity contribution in [2.45, 2.75) is 31.0 Å². The molecule has 2 aromatic carbocycles. The van der Waals surface area contributed by atoms with Crippen molar-refractivity contribution in [3.63, 3.8) is 0 Å². The van der Waals surface area contributed by atoms with Gasteiger partial charge in [0.15, 0.2) is 5.65 Å². The number of aromatic nitrogens is 4. The van der Waals surface area contributed by atoms with E-state index in [0.717, 1.165) is 38.6 Å². The number of thioether (sulfide) groups is 1. The Bertz CT molecular complexity index is 1170. The highest BCUT2D eigenvalue weighted by atomic mass is 32.2. The molecule has 0 aliphatic heterocycles. The van der Waals surface area contributed by atoms with Gasteiger partial charge in [-0.3, -0.25) is 4.79 Å². The van der Waals surface area contributed by atoms with E-state index in [4.69, 9.17) is 0 Å². The second-order valence-electron chi connectivity index (χ2n) is 6.88. The molecule has 4 aromatic rings. The smallest absolute Gasteiger partial charge is 0.237 e. The minimum absolute atomic E-state index is 0.0640. The van der Waals surface area contributed by atoms with E-state index >= 15 is 0 Å². The molecule has 0 saturated carbocycles. The maximum atomic E-state index is 12.7. The van der Waals surface area contributed by atoms with Crippen LogP contribution in [0.1, 0.15) is 18.1 Å². The van der Waals surface area contributed by atoms with Crippen LogP contribution in [0.5, 0.6) is 0 Å². The number of hydrogen-bond donors (Lipinski definition) is 1. The SMILES string of the molecule is Cc1ccc(C)c(NC(=O)C(C)Sc2ncnc3c2cnn3-c2ccccc2)c1. The van der Waals surface area contributed by atoms with Crippen molar-refractivity contribution in [2.24, 2.45) is 0 Å². The summed E-state index contributed by atoms with van der Waals surface area (Å²) in [4.78, 5) is 21.5. The lowest BCUT2D eigenvalue weighted by molar-refractivity contribution is -0.115. The van der Waals surface area contributed by atoms with Gasteiger partial charge in [-0.1, -0.05) is 42.1 Å². The number of para-hydroxylation sites is 1. The highest BCUT2D eigenvalue weighted by Gasteiger charge is 2.19. The molecule has 29 heavy (non-hydrogen) atoms. The quantitative estimate of drug-likeness (QED) is 0.391. The molecule has 1 unspecified atom stereocenters. The number of aryl methyl sites for hydroxylation is 2. The van der Waals surface area contributed by atoms with E-state index in [-0.39, 0.29) is 11.2 Å². The molecular weight excluding hydrogens is 382 g/mol. The van der Waals surface area contributed by atoms with Crippen molar-refractivity contribution < 1.29 is 4.79 Å². The van der Waals surface area contributed by atoms with Gasteiger partial charge in [0.1, 0.15) is 11.4 Å². The maximum absolute atomic E-state index is 12.7. The molecular formula is C22H21N5OS. The molecule has 146 valence electrons. The standard InChI is InChI=1S/C22H21N5OS/c1-14-9-10-15(2)19(11-14)26-21(28)16(3)29-22-18-12-25-27(20(18)23-13-24-22)17-7-5-4-6-8-17/h4-13,16H,1-3H3,(H,26,28). The summed E-state index contributed by atoms with van der Waals surface area (Å²) in [6.07, 6.45) is 3.26. The number of amides is 1. The van der Waals surface area contributed by atoms with E-state index in [1.54, 1.807) is 10.9 Å². The number of carbonyl (C=O) groups excluding carboxylic acids is 1. The van der Waals surface area contributed by atoms with Crippen LogP contribution in [-0.4, -0.2) is 30.9 Å². The number of benzene rings is 2. The molecule has 0 fully saturated rings. The highest BCUT2D eigenvalue weighted by molar-refractivity contribution is 8.00. The van der Waals surface area contributed by atoms with E-state index in [2.05, 4.69) is 20.4 Å². The van der Waals surface area contributed by atoms with Crippen LogP contribution in [0.3, 0.4) is 0 Å². The van der Waals surface area contributed by atoms with Gasteiger partial charge in [0.2, 0.25) is 5.91 Å². The van der Waals surface area contributed by atoms with Crippen molar-refractivity contribution in [1.82, 2.24) is 19.7 Å². The summed E-state index contributed by atoms with van der Waals surface area (Å²) in [6.45, 7) is 5.87. The lowest BCUT2D eigenvalue weighted by Gasteiger charge is -2.14. The second-order valence-corrected chi connectivity index (χ2v) is 8.21. The second kappa shape index (κ2) is 8.05. The lowest BCUT2D eigenvalue weighted by atomic mass is 10.1. The number of rotatable bonds is 5. The molecule has 1 atom stereocenters. The minimum Gasteiger partial charge on any atom is -0.325 e. The lowest BCUT2D eigenvalue weighted by Crippen LogP contribution is -2.23. The topological polar surface area (TPSA) is 72.7 Å². The van der Waals surface area contributed by atoms with E-state index in [9.17, 15) is 4.79 Å². The molecule has 1 N–H and O–H groups in total. The van der Waals surface area contributed by atoms with Crippen molar-refractivity contribution in [1.29, 1.82) is 0 Å². The molecule has 2 aromatic heterocycles. The van der Waals surface area contributed by atoms with E-state index in [0.29, 0.717) is 0 Å². The number of carbonyl (C=O) groups is 1. The number of nitrogens with zero attached hydrogens (tertiary/aromatic N) is 4. The number of anilines is 1. The van der Waals surface area contributed by atoms with Gasteiger partial charge in [0.05, 0.1) is 22.5 Å². The predicted molar refractivity (Wildman–Crippen MR) is 117 cm³/mol. The van der Waals surface area contributed by atoms with Gasteiger partial charge >= 0.3 is 0 Å². The van der Waals surface area contributed by atoms with E-state index < -0.39 is 0 Å². The van der Waals surface area contributed by atoms with Crippen LogP contribution in [0.15, 0.2) is 66.1 Å². The van der Waals surface area contributed by atoms with Crippen LogP contribution in [-0.2, 0) is 4.79 Å². The van der Waals surface area contributed by atoms with Crippen molar-refractivity contribution >= 4 is 34.4 Å². The van der Waals surface area contributed by atoms with Gasteiger partial charge in [-0.2, -0.15) is 5.10 Å². The zero-order valence-corrected chi connectivity index (χ0v) is 17.3. The van der Waals surface area contributed by atoms with Crippen LogP contribution in [0, 0.1) is 13.8 Å². The molecule has 0 aliphatic rings. The Morgan fingerprint density at radius 3 is 2.69 bits per heavy atom. The molecule has 6 nitrogen and oxygen atoms in total. The fourth-order valence-electron chi connectivity index (χ4n) is 3.00. The molecule has 0 bridgehead atoms. The Labute approximate surface area is 173 Å². The molecule has 0 saturated heterocycles. The third-order valence-electron chi connectivity index (χ3n) is 4.64. The normalized spacial score (nSPS) is 12.1. The summed E-state index contributed by atoms with van der Waals surface area (Å²) in [7, 11) is 0. The zero-order chi connectivity index (χ0) is 20.4. The number of nitrogens with one attached hydrogen (secondary N) is 1. The molecule has 1 amide bonds. The Hall–Kier alpha value is -3.19. The highest BCUT2D eigenvalue weighted by Crippen LogP contribution is 2.29. The number of hydrogen-bond acceptors (Lipinski definition) is 5. The summed E-state index contributed by atoms with van der Waals surface area (Å²) in [5.41, 5.74) is 4.63. The Kier molecular flexibility index (Phi) is 5.31. The summed E-state index contributed by atoms with van der Waals surface area (Å²) < 4.78 is 1.78. The van der Waals surface area contributed by atoms with Crippen molar-refractivity contribution in [3.05, 3.63) is 72.2 Å². The number of fused-ring (bicyclic) bond motifs is 1. The Balaban J connectivity index is 1.57. The van der Waals surface area contributed by atoms with Crippen LogP contribution in [0.4, 0.5) is 5.69 Å². The fraction of sp³-hybridized carbons (Fsp3) is 0.182. The van der Waals surface area contributed by atoms with Crippen LogP contribution in [0.25, 0.3) is 16.7 Å². The van der Waals surface area contributed by atoms with Crippen molar-refractivity contribution in [3.8, 4) is 5.69 Å². The van der Waals surface area contributed by atoms with E-state index in [1.165, 1.54) is 18.1 Å². The minimum atomic E-state index is -0.326. The predicted octanol–water partition coefficient (Wildman–Crippen LogP) is 4.55. The molecule has 0 spiro atoms. The van der Waals surface area contributed by atoms with Gasteiger partial charge in [-0.05, 0) is 50.1 Å². The van der Waals surface area contributed by atoms with Crippen LogP contribution >= 0.6 is 11.8 Å². The molecule has 0 radical (unpaired) electrons. The summed E-state index contributed by atoms with van der Waals surface area (Å²) in [6, 6.07) is 15.8. The summed E-state index contributed by atoms with van der Waals surface area (Å²) in [5.74, 6) is -0.0640. The zero-order valence-electron chi connectivity index (χ0n) is 16.5. The first-order chi connectivity index (χ1) is 14.0. The van der Waals surface area contributed by atoms with E-state index in [1.807, 2.05) is 69.3 Å². The first-order valence-corrected chi connectivity index (χ1v) is 10.2. The monoisotopic (exact) mass is 403 g/mol. The average Bonchev–Trinajstić information content (AvgIpc) is 3.16. The molecule has 0 aliphatic carbocycles. The van der Waals surface area contributed by atoms with Gasteiger partial charge in [0, 0.05) is 5.69 Å². The van der Waals surface area contributed by atoms with Gasteiger partial charge in [-0.25, -0.2) is 14.6 Å². The van der Waals surface area contributed by atoms with Gasteiger partial charge < -0.3 is 5.32 Å². The van der Waals surface area contributed by atoms with Crippen LogP contribution in [0.2, 0.25) is 0 Å². The maximum Gasteiger partial charge on any atom is 0.237 e. The fourth-order valence-corrected chi connectivity index (χ4v) is 3.88. The molecule has 2 heterocycles. The van der Waals surface area contributed by atoms with Crippen LogP contribution < -0.4 is 5.32 Å². The largest absolute Gasteiger partial charge is 0.325 e. The molecule has 7 heteroatoms.